The molecule has 0 fully saturated rings. The van der Waals surface area contributed by atoms with Crippen LogP contribution in [0.25, 0.3) is 0 Å². The Morgan fingerprint density at radius 1 is 0.887 bits per heavy atom. The lowest BCUT2D eigenvalue weighted by atomic mass is 9.84. The van der Waals surface area contributed by atoms with Crippen molar-refractivity contribution in [1.29, 1.82) is 5.26 Å². The van der Waals surface area contributed by atoms with E-state index >= 15 is 13.2 Å². The van der Waals surface area contributed by atoms with E-state index in [1.165, 1.54) is 6.07 Å². The Kier molecular flexibility index (Phi) is 12.3. The minimum atomic E-state index is -5.02. The molecule has 11 nitrogen and oxygen atoms in total. The SMILES string of the molecule is C=CCOP(=O)(OCC=C)OC(Cn1cnnn1)(c1ccc(F)cc1F)C(F)(F)c1ccc(C#Cc2ccc(OCc3ccc(C#N)cc3)cc2)cn1. The van der Waals surface area contributed by atoms with Gasteiger partial charge in [0.2, 0.25) is 0 Å². The van der Waals surface area contributed by atoms with Crippen LogP contribution in [0, 0.1) is 34.8 Å². The van der Waals surface area contributed by atoms with Crippen molar-refractivity contribution in [2.45, 2.75) is 24.7 Å². The fraction of sp³-hybridized carbons (Fsp3) is 0.162. The highest BCUT2D eigenvalue weighted by Gasteiger charge is 2.63. The number of nitrogens with zero attached hydrogens (tertiary/aromatic N) is 6. The van der Waals surface area contributed by atoms with Gasteiger partial charge in [-0.25, -0.2) is 18.0 Å². The predicted molar refractivity (Wildman–Crippen MR) is 183 cm³/mol. The van der Waals surface area contributed by atoms with E-state index in [0.29, 0.717) is 22.9 Å². The van der Waals surface area contributed by atoms with Crippen LogP contribution in [-0.4, -0.2) is 38.4 Å². The van der Waals surface area contributed by atoms with E-state index in [-0.39, 0.29) is 12.2 Å². The Hall–Kier alpha value is -5.96. The van der Waals surface area contributed by atoms with Gasteiger partial charge in [-0.3, -0.25) is 18.6 Å². The number of phosphoric ester groups is 1. The van der Waals surface area contributed by atoms with Crippen LogP contribution >= 0.6 is 7.82 Å². The number of tetrazole rings is 1. The van der Waals surface area contributed by atoms with Crippen LogP contribution in [0.5, 0.6) is 5.75 Å². The normalized spacial score (nSPS) is 12.5. The van der Waals surface area contributed by atoms with E-state index in [0.717, 1.165) is 53.1 Å². The number of hydrogen-bond acceptors (Lipinski definition) is 10. The fourth-order valence-electron chi connectivity index (χ4n) is 4.84. The summed E-state index contributed by atoms with van der Waals surface area (Å²) in [4.78, 5) is 3.93. The van der Waals surface area contributed by atoms with Gasteiger partial charge in [0, 0.05) is 29.0 Å². The molecule has 2 heterocycles. The molecule has 0 saturated carbocycles. The zero-order valence-electron chi connectivity index (χ0n) is 27.7. The van der Waals surface area contributed by atoms with Crippen LogP contribution in [0.2, 0.25) is 0 Å². The predicted octanol–water partition coefficient (Wildman–Crippen LogP) is 7.41. The van der Waals surface area contributed by atoms with Crippen LogP contribution in [0.15, 0.2) is 117 Å². The number of pyridine rings is 1. The van der Waals surface area contributed by atoms with Crippen molar-refractivity contribution in [3.63, 3.8) is 0 Å². The van der Waals surface area contributed by atoms with Gasteiger partial charge in [-0.2, -0.15) is 14.0 Å². The lowest BCUT2D eigenvalue weighted by molar-refractivity contribution is -0.201. The first-order valence-corrected chi connectivity index (χ1v) is 17.0. The van der Waals surface area contributed by atoms with Crippen molar-refractivity contribution in [2.75, 3.05) is 13.2 Å². The molecule has 0 amide bonds. The molecule has 5 aromatic rings. The van der Waals surface area contributed by atoms with Crippen LogP contribution in [0.1, 0.15) is 33.5 Å². The number of nitriles is 1. The topological polar surface area (TPSA) is 134 Å². The molecule has 0 N–H and O–H groups in total. The third-order valence-electron chi connectivity index (χ3n) is 7.40. The monoisotopic (exact) mass is 744 g/mol. The van der Waals surface area contributed by atoms with Crippen molar-refractivity contribution < 1.29 is 40.4 Å². The van der Waals surface area contributed by atoms with Crippen molar-refractivity contribution in [3.8, 4) is 23.7 Å². The summed E-state index contributed by atoms with van der Waals surface area (Å²) in [6.45, 7) is 5.16. The maximum atomic E-state index is 17.2. The highest BCUT2D eigenvalue weighted by molar-refractivity contribution is 7.48. The molecule has 1 atom stereocenters. The first-order valence-electron chi connectivity index (χ1n) is 15.6. The second-order valence-electron chi connectivity index (χ2n) is 11.0. The van der Waals surface area contributed by atoms with E-state index < -0.39 is 62.0 Å². The third-order valence-corrected chi connectivity index (χ3v) is 8.86. The zero-order chi connectivity index (χ0) is 37.9. The summed E-state index contributed by atoms with van der Waals surface area (Å²) in [7, 11) is -5.02. The molecule has 3 aromatic carbocycles. The molecule has 5 rings (SSSR count). The van der Waals surface area contributed by atoms with E-state index in [9.17, 15) is 8.96 Å². The van der Waals surface area contributed by atoms with Crippen molar-refractivity contribution in [2.24, 2.45) is 0 Å². The van der Waals surface area contributed by atoms with Crippen LogP contribution in [-0.2, 0) is 42.8 Å². The fourth-order valence-corrected chi connectivity index (χ4v) is 6.25. The van der Waals surface area contributed by atoms with Gasteiger partial charge in [0.15, 0.2) is 5.60 Å². The van der Waals surface area contributed by atoms with Gasteiger partial charge < -0.3 is 4.74 Å². The number of rotatable bonds is 16. The Bertz CT molecular complexity index is 2170. The summed E-state index contributed by atoms with van der Waals surface area (Å²) < 4.78 is 101. The number of hydrogen-bond donors (Lipinski definition) is 0. The van der Waals surface area contributed by atoms with Gasteiger partial charge in [0.25, 0.3) is 0 Å². The maximum Gasteiger partial charge on any atom is 0.476 e. The van der Waals surface area contributed by atoms with Gasteiger partial charge >= 0.3 is 13.7 Å². The summed E-state index contributed by atoms with van der Waals surface area (Å²) in [5.41, 5.74) is -2.98. The van der Waals surface area contributed by atoms with Crippen molar-refractivity contribution in [1.82, 2.24) is 25.2 Å². The maximum absolute atomic E-state index is 17.2. The first-order chi connectivity index (χ1) is 25.5. The summed E-state index contributed by atoms with van der Waals surface area (Å²) in [5.74, 6) is -0.582. The average molecular weight is 745 g/mol. The minimum absolute atomic E-state index is 0.236. The molecule has 16 heteroatoms. The molecule has 0 aliphatic heterocycles. The minimum Gasteiger partial charge on any atom is -0.489 e. The second kappa shape index (κ2) is 17.0. The molecule has 2 aromatic heterocycles. The summed E-state index contributed by atoms with van der Waals surface area (Å²) in [6.07, 6.45) is 4.33. The number of aromatic nitrogens is 5. The Balaban J connectivity index is 1.46. The first kappa shape index (κ1) is 38.3. The number of phosphoric acid groups is 1. The van der Waals surface area contributed by atoms with Crippen molar-refractivity contribution in [3.05, 3.63) is 162 Å². The van der Waals surface area contributed by atoms with Crippen LogP contribution in [0.3, 0.4) is 0 Å². The molecule has 0 aliphatic rings. The molecular weight excluding hydrogens is 715 g/mol. The third kappa shape index (κ3) is 9.29. The smallest absolute Gasteiger partial charge is 0.476 e. The Labute approximate surface area is 301 Å². The molecule has 1 unspecified atom stereocenters. The standard InChI is InChI=1S/C37H29F4N6O5P/c1-3-19-50-53(48,51-20-4-2)52-36(25-47-26-44-45-46-47,33-17-14-31(38)21-34(33)39)37(40,41)35-18-13-29(23-43-35)8-5-27-11-15-32(16-12-27)49-24-30-9-6-28(22-42)7-10-30/h3-4,6-7,9-18,21,23,26H,1-2,19-20,24-25H2. The molecule has 53 heavy (non-hydrogen) atoms. The quantitative estimate of drug-likeness (QED) is 0.0435. The second-order valence-corrected chi connectivity index (χ2v) is 12.6. The molecule has 0 spiro atoms. The van der Waals surface area contributed by atoms with Gasteiger partial charge in [0.05, 0.1) is 31.4 Å². The lowest BCUT2D eigenvalue weighted by Crippen LogP contribution is -2.49. The molecule has 0 aliphatic carbocycles. The van der Waals surface area contributed by atoms with Crippen LogP contribution < -0.4 is 4.74 Å². The van der Waals surface area contributed by atoms with E-state index in [1.807, 2.05) is 0 Å². The lowest BCUT2D eigenvalue weighted by Gasteiger charge is -2.41. The van der Waals surface area contributed by atoms with Gasteiger partial charge in [0.1, 0.15) is 36.0 Å². The molecular formula is C37H29F4N6O5P. The highest BCUT2D eigenvalue weighted by Crippen LogP contribution is 2.61. The van der Waals surface area contributed by atoms with Gasteiger partial charge in [-0.05, 0) is 76.7 Å². The summed E-state index contributed by atoms with van der Waals surface area (Å²) >= 11 is 0. The van der Waals surface area contributed by atoms with Crippen molar-refractivity contribution >= 4 is 7.82 Å². The van der Waals surface area contributed by atoms with Crippen LogP contribution in [0.4, 0.5) is 17.6 Å². The summed E-state index contributed by atoms with van der Waals surface area (Å²) in [6, 6.07) is 19.9. The van der Waals surface area contributed by atoms with E-state index in [4.69, 9.17) is 23.6 Å². The van der Waals surface area contributed by atoms with E-state index in [2.05, 4.69) is 51.6 Å². The van der Waals surface area contributed by atoms with E-state index in [1.54, 1.807) is 48.5 Å². The molecule has 0 radical (unpaired) electrons. The Morgan fingerprint density at radius 3 is 2.13 bits per heavy atom. The number of benzene rings is 3. The average Bonchev–Trinajstić information content (AvgIpc) is 3.68. The molecule has 270 valence electrons. The van der Waals surface area contributed by atoms with Gasteiger partial charge in [-0.15, -0.1) is 18.3 Å². The molecule has 0 saturated heterocycles. The van der Waals surface area contributed by atoms with Gasteiger partial charge in [-0.1, -0.05) is 36.1 Å². The summed E-state index contributed by atoms with van der Waals surface area (Å²) in [5, 5.41) is 19.5. The zero-order valence-corrected chi connectivity index (χ0v) is 28.6. The number of halogens is 4. The largest absolute Gasteiger partial charge is 0.489 e. The number of alkyl halides is 2. The molecule has 0 bridgehead atoms. The number of ether oxygens (including phenoxy) is 1. The Morgan fingerprint density at radius 2 is 1.55 bits per heavy atom. The highest BCUT2D eigenvalue weighted by atomic mass is 31.2.